The first-order valence-electron chi connectivity index (χ1n) is 9.37. The number of carbonyl (C=O) groups is 1. The molecule has 0 saturated heterocycles. The lowest BCUT2D eigenvalue weighted by Gasteiger charge is -2.22. The summed E-state index contributed by atoms with van der Waals surface area (Å²) in [4.78, 5) is 41.2. The molecule has 1 saturated carbocycles. The van der Waals surface area contributed by atoms with E-state index < -0.39 is 11.2 Å². The van der Waals surface area contributed by atoms with Crippen molar-refractivity contribution in [3.05, 3.63) is 61.9 Å². The SMILES string of the molecule is Cn1cc(C(=O)NC2CCCCC2)c2[nH]c(=O)n(-c3ccc(Cl)cc3)c(=O)c21. The number of amides is 1. The van der Waals surface area contributed by atoms with Gasteiger partial charge in [-0.3, -0.25) is 9.59 Å². The van der Waals surface area contributed by atoms with E-state index in [4.69, 9.17) is 11.6 Å². The number of rotatable bonds is 3. The number of nitrogens with one attached hydrogen (secondary N) is 2. The third-order valence-corrected chi connectivity index (χ3v) is 5.54. The lowest BCUT2D eigenvalue weighted by Crippen LogP contribution is -2.37. The third-order valence-electron chi connectivity index (χ3n) is 5.29. The number of hydrogen-bond acceptors (Lipinski definition) is 3. The molecule has 0 radical (unpaired) electrons. The maximum atomic E-state index is 13.0. The van der Waals surface area contributed by atoms with Crippen molar-refractivity contribution in [3.63, 3.8) is 0 Å². The van der Waals surface area contributed by atoms with Crippen LogP contribution in [-0.2, 0) is 7.05 Å². The molecule has 2 N–H and O–H groups in total. The molecule has 0 spiro atoms. The van der Waals surface area contributed by atoms with Gasteiger partial charge in [-0.2, -0.15) is 0 Å². The molecule has 1 amide bonds. The molecule has 1 fully saturated rings. The summed E-state index contributed by atoms with van der Waals surface area (Å²) >= 11 is 5.90. The first kappa shape index (κ1) is 18.6. The van der Waals surface area contributed by atoms with Crippen molar-refractivity contribution in [2.24, 2.45) is 7.05 Å². The molecule has 4 rings (SSSR count). The van der Waals surface area contributed by atoms with Crippen LogP contribution >= 0.6 is 11.6 Å². The summed E-state index contributed by atoms with van der Waals surface area (Å²) in [7, 11) is 1.69. The standard InChI is InChI=1S/C20H21ClN4O3/c1-24-11-15(18(26)22-13-5-3-2-4-6-13)16-17(24)19(27)25(20(28)23-16)14-9-7-12(21)8-10-14/h7-11,13H,2-6H2,1H3,(H,22,26)(H,23,28). The van der Waals surface area contributed by atoms with Crippen LogP contribution in [0.1, 0.15) is 42.5 Å². The van der Waals surface area contributed by atoms with Crippen LogP contribution in [0.4, 0.5) is 0 Å². The Labute approximate surface area is 165 Å². The molecule has 28 heavy (non-hydrogen) atoms. The van der Waals surface area contributed by atoms with Crippen LogP contribution in [0.15, 0.2) is 40.1 Å². The Morgan fingerprint density at radius 3 is 2.50 bits per heavy atom. The molecule has 1 aliphatic rings. The van der Waals surface area contributed by atoms with Gasteiger partial charge in [-0.05, 0) is 37.1 Å². The normalized spacial score (nSPS) is 15.1. The number of H-pyrrole nitrogens is 1. The largest absolute Gasteiger partial charge is 0.349 e. The van der Waals surface area contributed by atoms with Gasteiger partial charge in [0.2, 0.25) is 0 Å². The van der Waals surface area contributed by atoms with Crippen molar-refractivity contribution in [1.29, 1.82) is 0 Å². The highest BCUT2D eigenvalue weighted by atomic mass is 35.5. The summed E-state index contributed by atoms with van der Waals surface area (Å²) in [6, 6.07) is 6.56. The Bertz CT molecular complexity index is 1150. The quantitative estimate of drug-likeness (QED) is 0.708. The van der Waals surface area contributed by atoms with E-state index in [2.05, 4.69) is 10.3 Å². The van der Waals surface area contributed by atoms with Crippen LogP contribution in [0.25, 0.3) is 16.7 Å². The molecule has 146 valence electrons. The molecular formula is C20H21ClN4O3. The summed E-state index contributed by atoms with van der Waals surface area (Å²) in [6.07, 6.45) is 6.89. The summed E-state index contributed by atoms with van der Waals surface area (Å²) in [5, 5.41) is 3.54. The molecule has 7 nitrogen and oxygen atoms in total. The second-order valence-electron chi connectivity index (χ2n) is 7.23. The van der Waals surface area contributed by atoms with Gasteiger partial charge < -0.3 is 14.9 Å². The van der Waals surface area contributed by atoms with Gasteiger partial charge in [-0.25, -0.2) is 9.36 Å². The lowest BCUT2D eigenvalue weighted by atomic mass is 9.95. The molecule has 3 aromatic rings. The van der Waals surface area contributed by atoms with Gasteiger partial charge in [-0.15, -0.1) is 0 Å². The van der Waals surface area contributed by atoms with E-state index in [0.717, 1.165) is 30.3 Å². The van der Waals surface area contributed by atoms with Crippen molar-refractivity contribution in [3.8, 4) is 5.69 Å². The number of nitrogens with zero attached hydrogens (tertiary/aromatic N) is 2. The maximum Gasteiger partial charge on any atom is 0.333 e. The smallest absolute Gasteiger partial charge is 0.333 e. The van der Waals surface area contributed by atoms with Crippen LogP contribution in [0, 0.1) is 0 Å². The average Bonchev–Trinajstić information content (AvgIpc) is 3.00. The number of carbonyl (C=O) groups excluding carboxylic acids is 1. The van der Waals surface area contributed by atoms with E-state index in [1.165, 1.54) is 6.42 Å². The van der Waals surface area contributed by atoms with Gasteiger partial charge in [0.15, 0.2) is 0 Å². The highest BCUT2D eigenvalue weighted by molar-refractivity contribution is 6.30. The van der Waals surface area contributed by atoms with Gasteiger partial charge in [0.05, 0.1) is 16.8 Å². The molecular weight excluding hydrogens is 380 g/mol. The fourth-order valence-electron chi connectivity index (χ4n) is 3.88. The van der Waals surface area contributed by atoms with Crippen LogP contribution in [0.2, 0.25) is 5.02 Å². The van der Waals surface area contributed by atoms with E-state index in [1.807, 2.05) is 0 Å². The first-order chi connectivity index (χ1) is 13.5. The van der Waals surface area contributed by atoms with Crippen LogP contribution in [0.5, 0.6) is 0 Å². The molecule has 8 heteroatoms. The summed E-state index contributed by atoms with van der Waals surface area (Å²) in [5.74, 6) is -0.267. The fourth-order valence-corrected chi connectivity index (χ4v) is 4.00. The minimum Gasteiger partial charge on any atom is -0.349 e. The monoisotopic (exact) mass is 400 g/mol. The van der Waals surface area contributed by atoms with Gasteiger partial charge in [0.1, 0.15) is 5.52 Å². The number of aromatic nitrogens is 3. The lowest BCUT2D eigenvalue weighted by molar-refractivity contribution is 0.0929. The molecule has 0 unspecified atom stereocenters. The first-order valence-corrected chi connectivity index (χ1v) is 9.74. The van der Waals surface area contributed by atoms with Crippen LogP contribution < -0.4 is 16.6 Å². The van der Waals surface area contributed by atoms with E-state index >= 15 is 0 Å². The fraction of sp³-hybridized carbons (Fsp3) is 0.350. The Balaban J connectivity index is 1.79. The summed E-state index contributed by atoms with van der Waals surface area (Å²) in [5.41, 5.74) is 0.157. The highest BCUT2D eigenvalue weighted by Crippen LogP contribution is 2.20. The van der Waals surface area contributed by atoms with Gasteiger partial charge in [-0.1, -0.05) is 30.9 Å². The third kappa shape index (κ3) is 3.26. The van der Waals surface area contributed by atoms with Crippen molar-refractivity contribution >= 4 is 28.5 Å². The highest BCUT2D eigenvalue weighted by Gasteiger charge is 2.22. The molecule has 0 bridgehead atoms. The second kappa shape index (κ2) is 7.31. The molecule has 0 aliphatic heterocycles. The molecule has 2 heterocycles. The number of fused-ring (bicyclic) bond motifs is 1. The molecule has 0 atom stereocenters. The number of benzene rings is 1. The van der Waals surface area contributed by atoms with Crippen molar-refractivity contribution in [2.75, 3.05) is 0 Å². The van der Waals surface area contributed by atoms with Crippen molar-refractivity contribution in [2.45, 2.75) is 38.1 Å². The Morgan fingerprint density at radius 2 is 1.82 bits per heavy atom. The predicted molar refractivity (Wildman–Crippen MR) is 108 cm³/mol. The predicted octanol–water partition coefficient (Wildman–Crippen LogP) is 2.73. The minimum absolute atomic E-state index is 0.137. The number of hydrogen-bond donors (Lipinski definition) is 2. The van der Waals surface area contributed by atoms with Gasteiger partial charge in [0, 0.05) is 24.3 Å². The van der Waals surface area contributed by atoms with Crippen molar-refractivity contribution in [1.82, 2.24) is 19.4 Å². The van der Waals surface area contributed by atoms with Crippen LogP contribution in [-0.4, -0.2) is 26.1 Å². The van der Waals surface area contributed by atoms with Crippen molar-refractivity contribution < 1.29 is 4.79 Å². The zero-order valence-electron chi connectivity index (χ0n) is 15.5. The van der Waals surface area contributed by atoms with Gasteiger partial charge in [0.25, 0.3) is 11.5 Å². The molecule has 2 aromatic heterocycles. The zero-order chi connectivity index (χ0) is 19.8. The Hall–Kier alpha value is -2.80. The maximum absolute atomic E-state index is 13.0. The van der Waals surface area contributed by atoms with E-state index in [9.17, 15) is 14.4 Å². The Kier molecular flexibility index (Phi) is 4.85. The number of aryl methyl sites for hydroxylation is 1. The topological polar surface area (TPSA) is 88.9 Å². The van der Waals surface area contributed by atoms with Crippen LogP contribution in [0.3, 0.4) is 0 Å². The molecule has 1 aromatic carbocycles. The van der Waals surface area contributed by atoms with Gasteiger partial charge >= 0.3 is 5.69 Å². The second-order valence-corrected chi connectivity index (χ2v) is 7.67. The van der Waals surface area contributed by atoms with E-state index in [-0.39, 0.29) is 23.0 Å². The summed E-state index contributed by atoms with van der Waals surface area (Å²) < 4.78 is 2.62. The summed E-state index contributed by atoms with van der Waals surface area (Å²) in [6.45, 7) is 0. The average molecular weight is 401 g/mol. The minimum atomic E-state index is -0.599. The van der Waals surface area contributed by atoms with E-state index in [0.29, 0.717) is 16.3 Å². The number of aromatic amines is 1. The number of halogens is 1. The zero-order valence-corrected chi connectivity index (χ0v) is 16.3. The Morgan fingerprint density at radius 1 is 1.14 bits per heavy atom. The van der Waals surface area contributed by atoms with E-state index in [1.54, 1.807) is 42.1 Å². The molecule has 1 aliphatic carbocycles.